The summed E-state index contributed by atoms with van der Waals surface area (Å²) >= 11 is 0. The fourth-order valence-corrected chi connectivity index (χ4v) is 2.94. The van der Waals surface area contributed by atoms with Crippen LogP contribution in [0.2, 0.25) is 0 Å². The van der Waals surface area contributed by atoms with Crippen molar-refractivity contribution in [3.8, 4) is 28.6 Å². The molecule has 0 aliphatic carbocycles. The number of hydrogen-bond donors (Lipinski definition) is 1. The fraction of sp³-hybridized carbons (Fsp3) is 0.0909. The molecule has 2 aromatic carbocycles. The van der Waals surface area contributed by atoms with Gasteiger partial charge in [0.15, 0.2) is 5.76 Å². The van der Waals surface area contributed by atoms with E-state index in [1.54, 1.807) is 54.5 Å². The third kappa shape index (κ3) is 3.70. The molecule has 2 heterocycles. The average Bonchev–Trinajstić information content (AvgIpc) is 3.44. The van der Waals surface area contributed by atoms with E-state index >= 15 is 0 Å². The van der Waals surface area contributed by atoms with E-state index in [9.17, 15) is 4.79 Å². The molecule has 146 valence electrons. The van der Waals surface area contributed by atoms with E-state index < -0.39 is 0 Å². The second-order valence-corrected chi connectivity index (χ2v) is 6.16. The number of carbonyl (C=O) groups excluding carboxylic acids is 1. The van der Waals surface area contributed by atoms with Crippen LogP contribution in [0.15, 0.2) is 77.4 Å². The molecular formula is C22H19N3O4. The Morgan fingerprint density at radius 2 is 1.83 bits per heavy atom. The molecule has 0 fully saturated rings. The number of furan rings is 1. The number of aromatic nitrogens is 2. The first kappa shape index (κ1) is 18.4. The van der Waals surface area contributed by atoms with E-state index in [0.717, 1.165) is 5.69 Å². The van der Waals surface area contributed by atoms with E-state index in [1.807, 2.05) is 30.3 Å². The SMILES string of the molecule is COc1ccc(NC(=O)c2cc(-c3ccco3)nn2-c2ccccc2)c(OC)c1. The lowest BCUT2D eigenvalue weighted by atomic mass is 10.2. The Balaban J connectivity index is 1.73. The number of nitrogens with zero attached hydrogens (tertiary/aromatic N) is 2. The van der Waals surface area contributed by atoms with E-state index in [-0.39, 0.29) is 5.91 Å². The molecule has 0 radical (unpaired) electrons. The number of anilines is 1. The number of ether oxygens (including phenoxy) is 2. The predicted molar refractivity (Wildman–Crippen MR) is 109 cm³/mol. The number of rotatable bonds is 6. The van der Waals surface area contributed by atoms with Gasteiger partial charge >= 0.3 is 0 Å². The molecule has 0 unspecified atom stereocenters. The largest absolute Gasteiger partial charge is 0.497 e. The summed E-state index contributed by atoms with van der Waals surface area (Å²) < 4.78 is 17.6. The van der Waals surface area contributed by atoms with E-state index in [4.69, 9.17) is 13.9 Å². The first-order chi connectivity index (χ1) is 14.2. The van der Waals surface area contributed by atoms with Gasteiger partial charge in [-0.15, -0.1) is 0 Å². The van der Waals surface area contributed by atoms with Crippen LogP contribution < -0.4 is 14.8 Å². The Kier molecular flexibility index (Phi) is 5.03. The summed E-state index contributed by atoms with van der Waals surface area (Å²) in [5.41, 5.74) is 2.21. The number of hydrogen-bond acceptors (Lipinski definition) is 5. The lowest BCUT2D eigenvalue weighted by Gasteiger charge is -2.12. The first-order valence-electron chi connectivity index (χ1n) is 8.92. The van der Waals surface area contributed by atoms with Crippen LogP contribution in [0.1, 0.15) is 10.5 Å². The van der Waals surface area contributed by atoms with Gasteiger partial charge in [-0.2, -0.15) is 5.10 Å². The lowest BCUT2D eigenvalue weighted by molar-refractivity contribution is 0.101. The Morgan fingerprint density at radius 3 is 2.52 bits per heavy atom. The molecule has 4 rings (SSSR count). The van der Waals surface area contributed by atoms with Gasteiger partial charge in [0.1, 0.15) is 22.9 Å². The molecule has 0 aliphatic heterocycles. The first-order valence-corrected chi connectivity index (χ1v) is 8.92. The number of methoxy groups -OCH3 is 2. The maximum Gasteiger partial charge on any atom is 0.274 e. The Labute approximate surface area is 167 Å². The summed E-state index contributed by atoms with van der Waals surface area (Å²) in [4.78, 5) is 13.1. The van der Waals surface area contributed by atoms with Crippen LogP contribution in [0.5, 0.6) is 11.5 Å². The van der Waals surface area contributed by atoms with Crippen molar-refractivity contribution in [3.63, 3.8) is 0 Å². The minimum Gasteiger partial charge on any atom is -0.497 e. The highest BCUT2D eigenvalue weighted by Crippen LogP contribution is 2.30. The Hall–Kier alpha value is -4.00. The molecule has 0 spiro atoms. The predicted octanol–water partition coefficient (Wildman–Crippen LogP) is 4.40. The molecule has 4 aromatic rings. The van der Waals surface area contributed by atoms with Crippen molar-refractivity contribution in [2.75, 3.05) is 19.5 Å². The fourth-order valence-electron chi connectivity index (χ4n) is 2.94. The van der Waals surface area contributed by atoms with Gasteiger partial charge < -0.3 is 19.2 Å². The zero-order valence-corrected chi connectivity index (χ0v) is 16.0. The number of carbonyl (C=O) groups is 1. The molecule has 1 amide bonds. The molecule has 0 saturated carbocycles. The smallest absolute Gasteiger partial charge is 0.274 e. The molecule has 0 aliphatic rings. The second-order valence-electron chi connectivity index (χ2n) is 6.16. The standard InChI is InChI=1S/C22H19N3O4/c1-27-16-10-11-17(21(13-16)28-2)23-22(26)19-14-18(20-9-6-12-29-20)24-25(19)15-7-4-3-5-8-15/h3-14H,1-2H3,(H,23,26). The summed E-state index contributed by atoms with van der Waals surface area (Å²) in [6, 6.07) is 19.9. The van der Waals surface area contributed by atoms with Gasteiger partial charge in [-0.3, -0.25) is 4.79 Å². The maximum absolute atomic E-state index is 13.1. The summed E-state index contributed by atoms with van der Waals surface area (Å²) in [6.07, 6.45) is 1.57. The van der Waals surface area contributed by atoms with Gasteiger partial charge in [0, 0.05) is 12.1 Å². The summed E-state index contributed by atoms with van der Waals surface area (Å²) in [6.45, 7) is 0. The van der Waals surface area contributed by atoms with Gasteiger partial charge in [0.25, 0.3) is 5.91 Å². The number of amides is 1. The molecular weight excluding hydrogens is 370 g/mol. The highest BCUT2D eigenvalue weighted by Gasteiger charge is 2.20. The Morgan fingerprint density at radius 1 is 1.00 bits per heavy atom. The van der Waals surface area contributed by atoms with Crippen molar-refractivity contribution < 1.29 is 18.7 Å². The number of benzene rings is 2. The average molecular weight is 389 g/mol. The van der Waals surface area contributed by atoms with Crippen molar-refractivity contribution in [2.24, 2.45) is 0 Å². The number of nitrogens with one attached hydrogen (secondary N) is 1. The molecule has 29 heavy (non-hydrogen) atoms. The second kappa shape index (κ2) is 7.93. The zero-order valence-electron chi connectivity index (χ0n) is 16.0. The maximum atomic E-state index is 13.1. The van der Waals surface area contributed by atoms with E-state index in [0.29, 0.717) is 34.3 Å². The molecule has 1 N–H and O–H groups in total. The monoisotopic (exact) mass is 389 g/mol. The molecule has 0 saturated heterocycles. The summed E-state index contributed by atoms with van der Waals surface area (Å²) in [5.74, 6) is 1.38. The van der Waals surface area contributed by atoms with E-state index in [1.165, 1.54) is 7.11 Å². The van der Waals surface area contributed by atoms with Crippen molar-refractivity contribution >= 4 is 11.6 Å². The Bertz CT molecular complexity index is 1120. The van der Waals surface area contributed by atoms with Gasteiger partial charge in [-0.1, -0.05) is 18.2 Å². The minimum atomic E-state index is -0.331. The quantitative estimate of drug-likeness (QED) is 0.529. The van der Waals surface area contributed by atoms with Crippen LogP contribution in [0.25, 0.3) is 17.1 Å². The minimum absolute atomic E-state index is 0.331. The normalized spacial score (nSPS) is 10.6. The van der Waals surface area contributed by atoms with E-state index in [2.05, 4.69) is 10.4 Å². The summed E-state index contributed by atoms with van der Waals surface area (Å²) in [7, 11) is 3.11. The van der Waals surface area contributed by atoms with Crippen LogP contribution in [0, 0.1) is 0 Å². The third-order valence-electron chi connectivity index (χ3n) is 4.37. The lowest BCUT2D eigenvalue weighted by Crippen LogP contribution is -2.17. The molecule has 7 heteroatoms. The van der Waals surface area contributed by atoms with Crippen molar-refractivity contribution in [3.05, 3.63) is 78.7 Å². The third-order valence-corrected chi connectivity index (χ3v) is 4.37. The van der Waals surface area contributed by atoms with Gasteiger partial charge in [0.2, 0.25) is 0 Å². The highest BCUT2D eigenvalue weighted by molar-refractivity contribution is 6.04. The van der Waals surface area contributed by atoms with Crippen molar-refractivity contribution in [1.82, 2.24) is 9.78 Å². The van der Waals surface area contributed by atoms with Gasteiger partial charge in [0.05, 0.1) is 31.9 Å². The number of para-hydroxylation sites is 1. The highest BCUT2D eigenvalue weighted by atomic mass is 16.5. The molecule has 0 atom stereocenters. The topological polar surface area (TPSA) is 78.5 Å². The van der Waals surface area contributed by atoms with Crippen LogP contribution in [0.3, 0.4) is 0 Å². The van der Waals surface area contributed by atoms with Crippen LogP contribution in [-0.2, 0) is 0 Å². The molecule has 0 bridgehead atoms. The molecule has 2 aromatic heterocycles. The van der Waals surface area contributed by atoms with Crippen molar-refractivity contribution in [1.29, 1.82) is 0 Å². The van der Waals surface area contributed by atoms with Gasteiger partial charge in [-0.25, -0.2) is 4.68 Å². The van der Waals surface area contributed by atoms with Crippen LogP contribution in [0.4, 0.5) is 5.69 Å². The van der Waals surface area contributed by atoms with Crippen LogP contribution >= 0.6 is 0 Å². The molecule has 7 nitrogen and oxygen atoms in total. The zero-order chi connectivity index (χ0) is 20.2. The summed E-state index contributed by atoms with van der Waals surface area (Å²) in [5, 5.41) is 7.45. The van der Waals surface area contributed by atoms with Crippen LogP contribution in [-0.4, -0.2) is 29.9 Å². The van der Waals surface area contributed by atoms with Gasteiger partial charge in [-0.05, 0) is 36.4 Å². The van der Waals surface area contributed by atoms with Crippen molar-refractivity contribution in [2.45, 2.75) is 0 Å².